The van der Waals surface area contributed by atoms with Crippen LogP contribution in [0.2, 0.25) is 0 Å². The molecule has 1 aromatic heterocycles. The van der Waals surface area contributed by atoms with Gasteiger partial charge >= 0.3 is 0 Å². The lowest BCUT2D eigenvalue weighted by atomic mass is 10.1. The van der Waals surface area contributed by atoms with Gasteiger partial charge in [0.05, 0.1) is 10.4 Å². The SMILES string of the molecule is Cc1cc(CNC(C)(C)CO)sc1Br. The van der Waals surface area contributed by atoms with Crippen LogP contribution in [0.25, 0.3) is 0 Å². The molecule has 1 rings (SSSR count). The van der Waals surface area contributed by atoms with Crippen LogP contribution in [-0.4, -0.2) is 17.3 Å². The second-order valence-corrected chi connectivity index (χ2v) is 6.52. The lowest BCUT2D eigenvalue weighted by Gasteiger charge is -2.22. The van der Waals surface area contributed by atoms with E-state index in [0.29, 0.717) is 0 Å². The highest BCUT2D eigenvalue weighted by molar-refractivity contribution is 9.11. The van der Waals surface area contributed by atoms with Crippen molar-refractivity contribution in [2.24, 2.45) is 0 Å². The summed E-state index contributed by atoms with van der Waals surface area (Å²) in [5.41, 5.74) is 1.07. The van der Waals surface area contributed by atoms with E-state index in [1.54, 1.807) is 11.3 Å². The zero-order valence-corrected chi connectivity index (χ0v) is 11.1. The minimum absolute atomic E-state index is 0.151. The minimum atomic E-state index is -0.204. The Kier molecular flexibility index (Phi) is 4.13. The highest BCUT2D eigenvalue weighted by Gasteiger charge is 2.15. The lowest BCUT2D eigenvalue weighted by Crippen LogP contribution is -2.41. The van der Waals surface area contributed by atoms with Crippen LogP contribution in [0.5, 0.6) is 0 Å². The van der Waals surface area contributed by atoms with E-state index in [2.05, 4.69) is 34.2 Å². The van der Waals surface area contributed by atoms with Gasteiger partial charge in [0.1, 0.15) is 0 Å². The molecule has 1 heterocycles. The normalized spacial score (nSPS) is 12.1. The fraction of sp³-hybridized carbons (Fsp3) is 0.600. The second kappa shape index (κ2) is 4.75. The molecule has 0 aromatic carbocycles. The molecule has 0 saturated carbocycles. The van der Waals surface area contributed by atoms with Crippen molar-refractivity contribution in [2.75, 3.05) is 6.61 Å². The van der Waals surface area contributed by atoms with Crippen LogP contribution in [0.15, 0.2) is 9.85 Å². The molecule has 0 fully saturated rings. The van der Waals surface area contributed by atoms with Gasteiger partial charge in [0.25, 0.3) is 0 Å². The van der Waals surface area contributed by atoms with Crippen LogP contribution in [0.4, 0.5) is 0 Å². The smallest absolute Gasteiger partial charge is 0.0730 e. The lowest BCUT2D eigenvalue weighted by molar-refractivity contribution is 0.187. The van der Waals surface area contributed by atoms with E-state index in [0.717, 1.165) is 6.54 Å². The van der Waals surface area contributed by atoms with Crippen LogP contribution >= 0.6 is 27.3 Å². The molecule has 14 heavy (non-hydrogen) atoms. The number of aryl methyl sites for hydroxylation is 1. The monoisotopic (exact) mass is 277 g/mol. The molecule has 2 nitrogen and oxygen atoms in total. The molecule has 4 heteroatoms. The molecule has 2 N–H and O–H groups in total. The Balaban J connectivity index is 2.54. The van der Waals surface area contributed by atoms with Gasteiger partial charge in [-0.15, -0.1) is 11.3 Å². The van der Waals surface area contributed by atoms with Crippen LogP contribution in [0, 0.1) is 6.92 Å². The molecular weight excluding hydrogens is 262 g/mol. The molecule has 0 atom stereocenters. The van der Waals surface area contributed by atoms with Crippen molar-refractivity contribution in [3.8, 4) is 0 Å². The van der Waals surface area contributed by atoms with Crippen LogP contribution in [0.3, 0.4) is 0 Å². The molecule has 1 aromatic rings. The summed E-state index contributed by atoms with van der Waals surface area (Å²) in [7, 11) is 0. The maximum absolute atomic E-state index is 9.06. The van der Waals surface area contributed by atoms with E-state index in [-0.39, 0.29) is 12.1 Å². The van der Waals surface area contributed by atoms with E-state index in [1.807, 2.05) is 13.8 Å². The fourth-order valence-corrected chi connectivity index (χ4v) is 2.56. The van der Waals surface area contributed by atoms with Gasteiger partial charge in [-0.2, -0.15) is 0 Å². The van der Waals surface area contributed by atoms with E-state index < -0.39 is 0 Å². The summed E-state index contributed by atoms with van der Waals surface area (Å²) in [6.45, 7) is 7.02. The first-order valence-electron chi connectivity index (χ1n) is 4.55. The number of aliphatic hydroxyl groups is 1. The van der Waals surface area contributed by atoms with E-state index >= 15 is 0 Å². The van der Waals surface area contributed by atoms with Crippen molar-refractivity contribution in [1.82, 2.24) is 5.32 Å². The number of thiophene rings is 1. The number of hydrogen-bond donors (Lipinski definition) is 2. The molecule has 0 spiro atoms. The Hall–Kier alpha value is 0.100. The highest BCUT2D eigenvalue weighted by atomic mass is 79.9. The Bertz CT molecular complexity index is 290. The van der Waals surface area contributed by atoms with Gasteiger partial charge in [0, 0.05) is 17.0 Å². The molecule has 0 aliphatic carbocycles. The van der Waals surface area contributed by atoms with Crippen molar-refractivity contribution in [2.45, 2.75) is 32.9 Å². The standard InChI is InChI=1S/C10H16BrNOS/c1-7-4-8(14-9(7)11)5-12-10(2,3)6-13/h4,12-13H,5-6H2,1-3H3. The molecule has 0 aliphatic rings. The van der Waals surface area contributed by atoms with Crippen LogP contribution < -0.4 is 5.32 Å². The number of hydrogen-bond acceptors (Lipinski definition) is 3. The molecule has 0 radical (unpaired) electrons. The predicted octanol–water partition coefficient (Wildman–Crippen LogP) is 2.68. The van der Waals surface area contributed by atoms with Gasteiger partial charge in [0.15, 0.2) is 0 Å². The van der Waals surface area contributed by atoms with E-state index in [9.17, 15) is 0 Å². The van der Waals surface area contributed by atoms with Gasteiger partial charge in [-0.3, -0.25) is 0 Å². The molecule has 0 bridgehead atoms. The number of halogens is 1. The van der Waals surface area contributed by atoms with E-state index in [4.69, 9.17) is 5.11 Å². The Morgan fingerprint density at radius 2 is 2.21 bits per heavy atom. The van der Waals surface area contributed by atoms with Gasteiger partial charge in [-0.25, -0.2) is 0 Å². The first-order valence-corrected chi connectivity index (χ1v) is 6.16. The molecule has 0 unspecified atom stereocenters. The van der Waals surface area contributed by atoms with Crippen molar-refractivity contribution < 1.29 is 5.11 Å². The van der Waals surface area contributed by atoms with Gasteiger partial charge in [-0.05, 0) is 48.3 Å². The van der Waals surface area contributed by atoms with Crippen molar-refractivity contribution in [3.05, 3.63) is 20.3 Å². The summed E-state index contributed by atoms with van der Waals surface area (Å²) < 4.78 is 1.19. The average molecular weight is 278 g/mol. The topological polar surface area (TPSA) is 32.3 Å². The van der Waals surface area contributed by atoms with E-state index in [1.165, 1.54) is 14.2 Å². The van der Waals surface area contributed by atoms with Crippen LogP contribution in [-0.2, 0) is 6.54 Å². The Labute approximate surface area is 97.5 Å². The summed E-state index contributed by atoms with van der Waals surface area (Å²) in [6.07, 6.45) is 0. The number of rotatable bonds is 4. The van der Waals surface area contributed by atoms with Crippen molar-refractivity contribution >= 4 is 27.3 Å². The molecular formula is C10H16BrNOS. The third-order valence-electron chi connectivity index (χ3n) is 2.04. The summed E-state index contributed by atoms with van der Waals surface area (Å²) in [5, 5.41) is 12.4. The van der Waals surface area contributed by atoms with Crippen LogP contribution in [0.1, 0.15) is 24.3 Å². The molecule has 0 amide bonds. The first kappa shape index (κ1) is 12.2. The summed E-state index contributed by atoms with van der Waals surface area (Å²) in [6, 6.07) is 2.16. The molecule has 80 valence electrons. The predicted molar refractivity (Wildman–Crippen MR) is 64.8 cm³/mol. The molecule has 0 aliphatic heterocycles. The van der Waals surface area contributed by atoms with Crippen molar-refractivity contribution in [3.63, 3.8) is 0 Å². The van der Waals surface area contributed by atoms with Gasteiger partial charge < -0.3 is 10.4 Å². The van der Waals surface area contributed by atoms with Gasteiger partial charge in [-0.1, -0.05) is 0 Å². The Morgan fingerprint density at radius 1 is 1.57 bits per heavy atom. The maximum Gasteiger partial charge on any atom is 0.0730 e. The number of nitrogens with one attached hydrogen (secondary N) is 1. The third kappa shape index (κ3) is 3.35. The number of aliphatic hydroxyl groups excluding tert-OH is 1. The first-order chi connectivity index (χ1) is 6.44. The maximum atomic E-state index is 9.06. The Morgan fingerprint density at radius 3 is 2.64 bits per heavy atom. The summed E-state index contributed by atoms with van der Waals surface area (Å²) in [4.78, 5) is 1.29. The quantitative estimate of drug-likeness (QED) is 0.887. The largest absolute Gasteiger partial charge is 0.394 e. The third-order valence-corrected chi connectivity index (χ3v) is 4.18. The zero-order chi connectivity index (χ0) is 10.8. The average Bonchev–Trinajstić information content (AvgIpc) is 2.44. The fourth-order valence-electron chi connectivity index (χ4n) is 0.993. The molecule has 0 saturated heterocycles. The second-order valence-electron chi connectivity index (χ2n) is 4.06. The highest BCUT2D eigenvalue weighted by Crippen LogP contribution is 2.27. The van der Waals surface area contributed by atoms with Crippen molar-refractivity contribution in [1.29, 1.82) is 0 Å². The summed E-state index contributed by atoms with van der Waals surface area (Å²) >= 11 is 5.23. The zero-order valence-electron chi connectivity index (χ0n) is 8.72. The van der Waals surface area contributed by atoms with Gasteiger partial charge in [0.2, 0.25) is 0 Å². The minimum Gasteiger partial charge on any atom is -0.394 e. The summed E-state index contributed by atoms with van der Waals surface area (Å²) in [5.74, 6) is 0.